The number of hydrogen-bond donors (Lipinski definition) is 2. The molecule has 13 heavy (non-hydrogen) atoms. The van der Waals surface area contributed by atoms with Gasteiger partial charge in [0, 0.05) is 16.7 Å². The zero-order valence-corrected chi connectivity index (χ0v) is 9.62. The van der Waals surface area contributed by atoms with Crippen molar-refractivity contribution in [2.75, 3.05) is 13.2 Å². The van der Waals surface area contributed by atoms with E-state index in [0.717, 1.165) is 19.5 Å². The van der Waals surface area contributed by atoms with Gasteiger partial charge in [0.15, 0.2) is 0 Å². The van der Waals surface area contributed by atoms with E-state index in [1.165, 1.54) is 9.13 Å². The van der Waals surface area contributed by atoms with Crippen LogP contribution in [-0.2, 0) is 6.54 Å². The Bertz CT molecular complexity index is 252. The third-order valence-corrected chi connectivity index (χ3v) is 2.84. The van der Waals surface area contributed by atoms with Crippen LogP contribution in [-0.4, -0.2) is 18.3 Å². The lowest BCUT2D eigenvalue weighted by atomic mass is 10.2. The molecule has 0 bridgehead atoms. The van der Waals surface area contributed by atoms with Gasteiger partial charge >= 0.3 is 0 Å². The van der Waals surface area contributed by atoms with E-state index in [2.05, 4.69) is 40.0 Å². The van der Waals surface area contributed by atoms with Crippen molar-refractivity contribution < 1.29 is 5.11 Å². The van der Waals surface area contributed by atoms with Crippen LogP contribution in [0.3, 0.4) is 0 Å². The predicted octanol–water partition coefficient (Wildman–Crippen LogP) is 1.76. The molecule has 1 aromatic carbocycles. The first-order chi connectivity index (χ1) is 6.34. The van der Waals surface area contributed by atoms with Gasteiger partial charge in [-0.05, 0) is 47.2 Å². The molecule has 0 fully saturated rings. The number of benzene rings is 1. The van der Waals surface area contributed by atoms with Gasteiger partial charge in [-0.1, -0.05) is 18.2 Å². The van der Waals surface area contributed by atoms with Crippen molar-refractivity contribution in [3.05, 3.63) is 33.4 Å². The summed E-state index contributed by atoms with van der Waals surface area (Å²) in [4.78, 5) is 0. The molecule has 0 amide bonds. The summed E-state index contributed by atoms with van der Waals surface area (Å²) in [6.07, 6.45) is 0.823. The molecule has 0 unspecified atom stereocenters. The van der Waals surface area contributed by atoms with Gasteiger partial charge in [-0.3, -0.25) is 0 Å². The summed E-state index contributed by atoms with van der Waals surface area (Å²) in [7, 11) is 0. The van der Waals surface area contributed by atoms with Crippen LogP contribution >= 0.6 is 22.6 Å². The molecule has 1 aromatic rings. The summed E-state index contributed by atoms with van der Waals surface area (Å²) >= 11 is 2.33. The highest BCUT2D eigenvalue weighted by Gasteiger charge is 1.96. The van der Waals surface area contributed by atoms with Crippen molar-refractivity contribution in [2.45, 2.75) is 13.0 Å². The van der Waals surface area contributed by atoms with Gasteiger partial charge in [-0.15, -0.1) is 0 Å². The van der Waals surface area contributed by atoms with Crippen LogP contribution < -0.4 is 5.32 Å². The van der Waals surface area contributed by atoms with Crippen molar-refractivity contribution in [2.24, 2.45) is 0 Å². The summed E-state index contributed by atoms with van der Waals surface area (Å²) in [6.45, 7) is 2.03. The lowest BCUT2D eigenvalue weighted by Crippen LogP contribution is -2.16. The smallest absolute Gasteiger partial charge is 0.0443 e. The number of aliphatic hydroxyl groups is 1. The van der Waals surface area contributed by atoms with Crippen LogP contribution in [0.2, 0.25) is 0 Å². The van der Waals surface area contributed by atoms with Gasteiger partial charge in [-0.2, -0.15) is 0 Å². The van der Waals surface area contributed by atoms with Crippen molar-refractivity contribution in [1.29, 1.82) is 0 Å². The second-order valence-corrected chi connectivity index (χ2v) is 4.01. The first-order valence-electron chi connectivity index (χ1n) is 4.39. The molecule has 2 nitrogen and oxygen atoms in total. The highest BCUT2D eigenvalue weighted by Crippen LogP contribution is 2.10. The first-order valence-corrected chi connectivity index (χ1v) is 5.47. The van der Waals surface area contributed by atoms with E-state index >= 15 is 0 Å². The summed E-state index contributed by atoms with van der Waals surface area (Å²) < 4.78 is 1.29. The molecular formula is C10H14INO. The highest BCUT2D eigenvalue weighted by molar-refractivity contribution is 14.1. The molecule has 0 aromatic heterocycles. The van der Waals surface area contributed by atoms with E-state index in [1.54, 1.807) is 0 Å². The summed E-state index contributed by atoms with van der Waals surface area (Å²) in [5.74, 6) is 0. The van der Waals surface area contributed by atoms with E-state index in [4.69, 9.17) is 5.11 Å². The Hall–Kier alpha value is -0.130. The number of halogens is 1. The van der Waals surface area contributed by atoms with Crippen LogP contribution in [0.1, 0.15) is 12.0 Å². The largest absolute Gasteiger partial charge is 0.396 e. The molecule has 0 heterocycles. The number of aliphatic hydroxyl groups excluding tert-OH is 1. The quantitative estimate of drug-likeness (QED) is 0.640. The van der Waals surface area contributed by atoms with E-state index < -0.39 is 0 Å². The number of hydrogen-bond acceptors (Lipinski definition) is 2. The standard InChI is InChI=1S/C10H14INO/c11-10-5-2-1-4-9(10)8-12-6-3-7-13/h1-2,4-5,12-13H,3,6-8H2. The third-order valence-electron chi connectivity index (χ3n) is 1.78. The highest BCUT2D eigenvalue weighted by atomic mass is 127. The third kappa shape index (κ3) is 4.06. The van der Waals surface area contributed by atoms with Crippen molar-refractivity contribution >= 4 is 22.6 Å². The fourth-order valence-electron chi connectivity index (χ4n) is 1.07. The zero-order chi connectivity index (χ0) is 9.52. The Morgan fingerprint density at radius 3 is 2.77 bits per heavy atom. The monoisotopic (exact) mass is 291 g/mol. The molecular weight excluding hydrogens is 277 g/mol. The lowest BCUT2D eigenvalue weighted by Gasteiger charge is -2.05. The fourth-order valence-corrected chi connectivity index (χ4v) is 1.65. The average molecular weight is 291 g/mol. The second-order valence-electron chi connectivity index (χ2n) is 2.85. The van der Waals surface area contributed by atoms with Crippen LogP contribution in [0.15, 0.2) is 24.3 Å². The maximum atomic E-state index is 8.58. The maximum Gasteiger partial charge on any atom is 0.0443 e. The lowest BCUT2D eigenvalue weighted by molar-refractivity contribution is 0.286. The predicted molar refractivity (Wildman–Crippen MR) is 62.6 cm³/mol. The molecule has 0 saturated carbocycles. The summed E-state index contributed by atoms with van der Waals surface area (Å²) in [5, 5.41) is 11.9. The Morgan fingerprint density at radius 2 is 2.08 bits per heavy atom. The van der Waals surface area contributed by atoms with Gasteiger partial charge in [-0.25, -0.2) is 0 Å². The normalized spacial score (nSPS) is 10.3. The Balaban J connectivity index is 2.32. The van der Waals surface area contributed by atoms with Gasteiger partial charge in [0.25, 0.3) is 0 Å². The Kier molecular flexibility index (Phi) is 5.34. The Labute approximate surface area is 92.5 Å². The average Bonchev–Trinajstić information content (AvgIpc) is 2.15. The van der Waals surface area contributed by atoms with E-state index in [0.29, 0.717) is 0 Å². The van der Waals surface area contributed by atoms with E-state index in [-0.39, 0.29) is 6.61 Å². The second kappa shape index (κ2) is 6.34. The number of nitrogens with one attached hydrogen (secondary N) is 1. The van der Waals surface area contributed by atoms with Crippen LogP contribution in [0.5, 0.6) is 0 Å². The molecule has 0 aliphatic carbocycles. The molecule has 0 aliphatic heterocycles. The molecule has 72 valence electrons. The van der Waals surface area contributed by atoms with Crippen molar-refractivity contribution in [3.8, 4) is 0 Å². The molecule has 2 N–H and O–H groups in total. The molecule has 0 radical (unpaired) electrons. The number of rotatable bonds is 5. The van der Waals surface area contributed by atoms with Crippen LogP contribution in [0, 0.1) is 3.57 Å². The van der Waals surface area contributed by atoms with Gasteiger partial charge in [0.1, 0.15) is 0 Å². The van der Waals surface area contributed by atoms with E-state index in [9.17, 15) is 0 Å². The minimum absolute atomic E-state index is 0.263. The van der Waals surface area contributed by atoms with Crippen molar-refractivity contribution in [1.82, 2.24) is 5.32 Å². The molecule has 3 heteroatoms. The van der Waals surface area contributed by atoms with Gasteiger partial charge < -0.3 is 10.4 Å². The molecule has 0 spiro atoms. The zero-order valence-electron chi connectivity index (χ0n) is 7.46. The topological polar surface area (TPSA) is 32.3 Å². The minimum Gasteiger partial charge on any atom is -0.396 e. The van der Waals surface area contributed by atoms with Gasteiger partial charge in [0.2, 0.25) is 0 Å². The first kappa shape index (κ1) is 10.9. The van der Waals surface area contributed by atoms with E-state index in [1.807, 2.05) is 12.1 Å². The molecule has 0 atom stereocenters. The van der Waals surface area contributed by atoms with Crippen LogP contribution in [0.4, 0.5) is 0 Å². The molecule has 1 rings (SSSR count). The SMILES string of the molecule is OCCCNCc1ccccc1I. The Morgan fingerprint density at radius 1 is 1.31 bits per heavy atom. The summed E-state index contributed by atoms with van der Waals surface area (Å²) in [6, 6.07) is 8.31. The van der Waals surface area contributed by atoms with Gasteiger partial charge in [0.05, 0.1) is 0 Å². The fraction of sp³-hybridized carbons (Fsp3) is 0.400. The van der Waals surface area contributed by atoms with Crippen molar-refractivity contribution in [3.63, 3.8) is 0 Å². The summed E-state index contributed by atoms with van der Waals surface area (Å²) in [5.41, 5.74) is 1.32. The molecule has 0 aliphatic rings. The molecule has 0 saturated heterocycles. The maximum absolute atomic E-state index is 8.58. The van der Waals surface area contributed by atoms with Crippen LogP contribution in [0.25, 0.3) is 0 Å². The minimum atomic E-state index is 0.263.